The lowest BCUT2D eigenvalue weighted by molar-refractivity contribution is -0.162. The van der Waals surface area contributed by atoms with Crippen LogP contribution in [0.2, 0.25) is 0 Å². The first-order chi connectivity index (χ1) is 21.3. The van der Waals surface area contributed by atoms with Crippen molar-refractivity contribution in [2.75, 3.05) is 14.2 Å². The van der Waals surface area contributed by atoms with Crippen molar-refractivity contribution in [3.63, 3.8) is 0 Å². The normalized spacial score (nSPS) is 38.2. The van der Waals surface area contributed by atoms with Crippen molar-refractivity contribution in [3.8, 4) is 0 Å². The average molecular weight is 611 g/mol. The molecule has 0 aromatic heterocycles. The van der Waals surface area contributed by atoms with E-state index >= 15 is 0 Å². The Kier molecular flexibility index (Phi) is 7.19. The highest BCUT2D eigenvalue weighted by Crippen LogP contribution is 2.60. The van der Waals surface area contributed by atoms with Crippen LogP contribution in [-0.4, -0.2) is 26.2 Å². The molecule has 0 heterocycles. The first-order valence-corrected chi connectivity index (χ1v) is 17.8. The number of carbonyl (C=O) groups excluding carboxylic acids is 2. The van der Waals surface area contributed by atoms with Gasteiger partial charge >= 0.3 is 11.9 Å². The third-order valence-corrected chi connectivity index (χ3v) is 14.6. The summed E-state index contributed by atoms with van der Waals surface area (Å²) in [6, 6.07) is 10.3. The van der Waals surface area contributed by atoms with Crippen molar-refractivity contribution in [1.29, 1.82) is 0 Å². The molecule has 2 aromatic carbocycles. The number of hydrogen-bond donors (Lipinski definition) is 0. The average Bonchev–Trinajstić information content (AvgIpc) is 3.12. The molecule has 8 atom stereocenters. The summed E-state index contributed by atoms with van der Waals surface area (Å²) >= 11 is 0. The highest BCUT2D eigenvalue weighted by Gasteiger charge is 2.57. The molecule has 45 heavy (non-hydrogen) atoms. The maximum absolute atomic E-state index is 13.2. The van der Waals surface area contributed by atoms with Gasteiger partial charge in [0.15, 0.2) is 0 Å². The molecule has 5 aliphatic carbocycles. The molecular weight excluding hydrogens is 556 g/mol. The lowest BCUT2D eigenvalue weighted by Crippen LogP contribution is -2.52. The molecule has 242 valence electrons. The van der Waals surface area contributed by atoms with Gasteiger partial charge in [-0.1, -0.05) is 64.8 Å². The highest BCUT2D eigenvalue weighted by atomic mass is 16.5. The molecule has 0 saturated heterocycles. The van der Waals surface area contributed by atoms with E-state index in [0.717, 1.165) is 70.6 Å². The summed E-state index contributed by atoms with van der Waals surface area (Å²) < 4.78 is 10.8. The van der Waals surface area contributed by atoms with Gasteiger partial charge in [0.05, 0.1) is 25.0 Å². The minimum atomic E-state index is -0.426. The summed E-state index contributed by atoms with van der Waals surface area (Å²) in [4.78, 5) is 26.4. The van der Waals surface area contributed by atoms with Gasteiger partial charge < -0.3 is 9.47 Å². The summed E-state index contributed by atoms with van der Waals surface area (Å²) in [6.07, 6.45) is 11.3. The molecule has 0 bridgehead atoms. The Balaban J connectivity index is 1.33. The van der Waals surface area contributed by atoms with E-state index in [4.69, 9.17) is 9.47 Å². The number of hydrogen-bond acceptors (Lipinski definition) is 4. The summed E-state index contributed by atoms with van der Waals surface area (Å²) in [5, 5.41) is 0. The van der Waals surface area contributed by atoms with E-state index in [1.165, 1.54) is 44.5 Å². The molecular formula is C41H54O4. The number of rotatable bonds is 2. The fourth-order valence-corrected chi connectivity index (χ4v) is 12.0. The second-order valence-electron chi connectivity index (χ2n) is 16.7. The van der Waals surface area contributed by atoms with E-state index in [2.05, 4.69) is 65.8 Å². The van der Waals surface area contributed by atoms with Crippen LogP contribution in [-0.2, 0) is 49.2 Å². The number of methoxy groups -OCH3 is 2. The summed E-state index contributed by atoms with van der Waals surface area (Å²) in [5.74, 6) is 1.40. The lowest BCUT2D eigenvalue weighted by atomic mass is 9.49. The number of carbonyl (C=O) groups is 2. The minimum Gasteiger partial charge on any atom is -0.469 e. The fraction of sp³-hybridized carbons (Fsp3) is 0.659. The first kappa shape index (κ1) is 31.0. The Hall–Kier alpha value is -2.62. The Morgan fingerprint density at radius 1 is 0.622 bits per heavy atom. The molecule has 0 spiro atoms. The number of ether oxygens (including phenoxy) is 2. The number of aryl methyl sites for hydroxylation is 2. The van der Waals surface area contributed by atoms with Crippen molar-refractivity contribution in [1.82, 2.24) is 0 Å². The van der Waals surface area contributed by atoms with Crippen LogP contribution in [0.5, 0.6) is 0 Å². The zero-order valence-corrected chi connectivity index (χ0v) is 29.0. The molecule has 2 aromatic rings. The van der Waals surface area contributed by atoms with Crippen LogP contribution in [0, 0.1) is 22.7 Å². The van der Waals surface area contributed by atoms with Crippen LogP contribution in [0.1, 0.15) is 149 Å². The van der Waals surface area contributed by atoms with E-state index in [1.54, 1.807) is 14.2 Å². The van der Waals surface area contributed by atoms with Gasteiger partial charge in [0.1, 0.15) is 0 Å². The van der Waals surface area contributed by atoms with Gasteiger partial charge in [-0.25, -0.2) is 0 Å². The molecule has 7 rings (SSSR count). The molecule has 2 saturated carbocycles. The second-order valence-corrected chi connectivity index (χ2v) is 16.7. The zero-order chi connectivity index (χ0) is 32.1. The first-order valence-electron chi connectivity index (χ1n) is 17.8. The largest absolute Gasteiger partial charge is 0.469 e. The Morgan fingerprint density at radius 2 is 1.02 bits per heavy atom. The van der Waals surface area contributed by atoms with Gasteiger partial charge in [0.25, 0.3) is 0 Å². The molecule has 4 nitrogen and oxygen atoms in total. The molecule has 8 unspecified atom stereocenters. The van der Waals surface area contributed by atoms with Crippen molar-refractivity contribution in [2.24, 2.45) is 22.7 Å². The van der Waals surface area contributed by atoms with Crippen LogP contribution < -0.4 is 0 Å². The van der Waals surface area contributed by atoms with Gasteiger partial charge in [-0.3, -0.25) is 9.59 Å². The number of fused-ring (bicyclic) bond motifs is 8. The van der Waals surface area contributed by atoms with Gasteiger partial charge in [0.2, 0.25) is 0 Å². The minimum absolute atomic E-state index is 0.0230. The maximum atomic E-state index is 13.2. The maximum Gasteiger partial charge on any atom is 0.311 e. The molecule has 0 aliphatic heterocycles. The summed E-state index contributed by atoms with van der Waals surface area (Å²) in [5.41, 5.74) is 11.1. The molecule has 0 N–H and O–H groups in total. The van der Waals surface area contributed by atoms with E-state index in [-0.39, 0.29) is 22.8 Å². The molecule has 2 fully saturated rings. The van der Waals surface area contributed by atoms with E-state index in [9.17, 15) is 9.59 Å². The van der Waals surface area contributed by atoms with Crippen LogP contribution >= 0.6 is 0 Å². The van der Waals surface area contributed by atoms with Crippen LogP contribution in [0.25, 0.3) is 0 Å². The monoisotopic (exact) mass is 610 g/mol. The van der Waals surface area contributed by atoms with Gasteiger partial charge in [-0.15, -0.1) is 0 Å². The van der Waals surface area contributed by atoms with Gasteiger partial charge in [-0.05, 0) is 151 Å². The van der Waals surface area contributed by atoms with E-state index in [1.807, 2.05) is 0 Å². The van der Waals surface area contributed by atoms with Gasteiger partial charge in [0, 0.05) is 0 Å². The Bertz CT molecular complexity index is 1460. The highest BCUT2D eigenvalue weighted by molar-refractivity contribution is 5.78. The van der Waals surface area contributed by atoms with E-state index < -0.39 is 10.8 Å². The van der Waals surface area contributed by atoms with E-state index in [0.29, 0.717) is 23.7 Å². The predicted octanol–water partition coefficient (Wildman–Crippen LogP) is 8.86. The standard InChI is InChI=1S/C41H54O4/c1-24-25(2)31-21-27-12-14-35-39(4,16-10-18-41(35,6)37(43)45-8)33(27)23-29(31)19-28-22-32-26(20-30(24)28)11-13-34-38(32,3)15-9-17-40(34,5)36(42)44-7/h20-25,34-35H,9-19H2,1-8H3. The van der Waals surface area contributed by atoms with Crippen LogP contribution in [0.4, 0.5) is 0 Å². The predicted molar refractivity (Wildman–Crippen MR) is 179 cm³/mol. The van der Waals surface area contributed by atoms with Crippen molar-refractivity contribution in [2.45, 2.75) is 135 Å². The molecule has 0 radical (unpaired) electrons. The fourth-order valence-electron chi connectivity index (χ4n) is 12.0. The van der Waals surface area contributed by atoms with Crippen molar-refractivity contribution in [3.05, 3.63) is 68.8 Å². The second kappa shape index (κ2) is 10.4. The number of benzene rings is 2. The lowest BCUT2D eigenvalue weighted by Gasteiger charge is -2.54. The number of esters is 2. The van der Waals surface area contributed by atoms with Crippen LogP contribution in [0.3, 0.4) is 0 Å². The van der Waals surface area contributed by atoms with Gasteiger partial charge in [-0.2, -0.15) is 0 Å². The van der Waals surface area contributed by atoms with Crippen LogP contribution in [0.15, 0.2) is 24.3 Å². The third kappa shape index (κ3) is 4.22. The Labute approximate surface area is 271 Å². The van der Waals surface area contributed by atoms with Crippen molar-refractivity contribution >= 4 is 11.9 Å². The summed E-state index contributed by atoms with van der Waals surface area (Å²) in [6.45, 7) is 14.1. The third-order valence-electron chi connectivity index (χ3n) is 14.6. The molecule has 4 heteroatoms. The molecule has 0 amide bonds. The van der Waals surface area contributed by atoms with Crippen molar-refractivity contribution < 1.29 is 19.1 Å². The smallest absolute Gasteiger partial charge is 0.311 e. The topological polar surface area (TPSA) is 52.6 Å². The molecule has 5 aliphatic rings. The Morgan fingerprint density at radius 3 is 1.40 bits per heavy atom. The quantitative estimate of drug-likeness (QED) is 0.319. The summed E-state index contributed by atoms with van der Waals surface area (Å²) in [7, 11) is 3.11. The zero-order valence-electron chi connectivity index (χ0n) is 29.0. The SMILES string of the molecule is COC(=O)C1(C)CCCC2(C)c3cc4c(cc3CCC12)C(C)C(C)c1cc2c(cc1C4)C1(C)CCCC(C)(C(=O)OC)C1CC2.